The fraction of sp³-hybridized carbons (Fsp3) is 1.00. The molecule has 14 heavy (non-hydrogen) atoms. The highest BCUT2D eigenvalue weighted by atomic mass is 16.5. The van der Waals surface area contributed by atoms with Crippen LogP contribution >= 0.6 is 0 Å². The Balaban J connectivity index is 1.75. The van der Waals surface area contributed by atoms with Gasteiger partial charge in [0.05, 0.1) is 6.10 Å². The third-order valence-corrected chi connectivity index (χ3v) is 3.78. The fourth-order valence-electron chi connectivity index (χ4n) is 2.60. The molecule has 2 fully saturated rings. The molecule has 0 aromatic rings. The zero-order valence-corrected chi connectivity index (χ0v) is 9.33. The standard InChI is InChI=1S/C11H22N2O/c1-12-9-4-3-5-13(8-9)10-6-11(7-10)14-2/h9-12H,3-8H2,1-2H3. The van der Waals surface area contributed by atoms with Gasteiger partial charge in [-0.2, -0.15) is 0 Å². The van der Waals surface area contributed by atoms with Crippen molar-refractivity contribution >= 4 is 0 Å². The van der Waals surface area contributed by atoms with Crippen LogP contribution in [0, 0.1) is 0 Å². The zero-order valence-electron chi connectivity index (χ0n) is 9.33. The molecule has 0 amide bonds. The van der Waals surface area contributed by atoms with Gasteiger partial charge < -0.3 is 10.1 Å². The summed E-state index contributed by atoms with van der Waals surface area (Å²) in [4.78, 5) is 2.64. The van der Waals surface area contributed by atoms with E-state index in [0.29, 0.717) is 12.1 Å². The third-order valence-electron chi connectivity index (χ3n) is 3.78. The number of hydrogen-bond donors (Lipinski definition) is 1. The monoisotopic (exact) mass is 198 g/mol. The van der Waals surface area contributed by atoms with Gasteiger partial charge in [-0.3, -0.25) is 4.90 Å². The number of rotatable bonds is 3. The van der Waals surface area contributed by atoms with Crippen molar-refractivity contribution in [1.29, 1.82) is 0 Å². The Kier molecular flexibility index (Phi) is 3.42. The maximum absolute atomic E-state index is 5.32. The average Bonchev–Trinajstić information content (AvgIpc) is 2.17. The summed E-state index contributed by atoms with van der Waals surface area (Å²) in [6.45, 7) is 2.52. The molecule has 0 spiro atoms. The second-order valence-electron chi connectivity index (χ2n) is 4.61. The van der Waals surface area contributed by atoms with Crippen LogP contribution in [-0.4, -0.2) is 50.3 Å². The number of ether oxygens (including phenoxy) is 1. The van der Waals surface area contributed by atoms with E-state index >= 15 is 0 Å². The lowest BCUT2D eigenvalue weighted by atomic mass is 9.86. The van der Waals surface area contributed by atoms with Gasteiger partial charge in [0.2, 0.25) is 0 Å². The highest BCUT2D eigenvalue weighted by Crippen LogP contribution is 2.29. The van der Waals surface area contributed by atoms with Crippen LogP contribution in [0.1, 0.15) is 25.7 Å². The first-order valence-electron chi connectivity index (χ1n) is 5.77. The number of likely N-dealkylation sites (tertiary alicyclic amines) is 1. The van der Waals surface area contributed by atoms with Crippen LogP contribution in [0.15, 0.2) is 0 Å². The molecule has 3 heteroatoms. The largest absolute Gasteiger partial charge is 0.381 e. The van der Waals surface area contributed by atoms with Gasteiger partial charge >= 0.3 is 0 Å². The van der Waals surface area contributed by atoms with Crippen molar-refractivity contribution in [2.45, 2.75) is 43.9 Å². The predicted octanol–water partition coefficient (Wildman–Crippen LogP) is 0.848. The number of hydrogen-bond acceptors (Lipinski definition) is 3. The van der Waals surface area contributed by atoms with E-state index in [1.165, 1.54) is 38.8 Å². The molecule has 1 unspecified atom stereocenters. The molecule has 3 nitrogen and oxygen atoms in total. The minimum atomic E-state index is 0.537. The van der Waals surface area contributed by atoms with Crippen LogP contribution in [0.4, 0.5) is 0 Å². The molecule has 0 aromatic heterocycles. The van der Waals surface area contributed by atoms with E-state index in [1.54, 1.807) is 0 Å². The number of nitrogens with zero attached hydrogens (tertiary/aromatic N) is 1. The molecule has 1 aliphatic carbocycles. The number of methoxy groups -OCH3 is 1. The minimum Gasteiger partial charge on any atom is -0.381 e. The summed E-state index contributed by atoms with van der Waals surface area (Å²) < 4.78 is 5.32. The first-order valence-corrected chi connectivity index (χ1v) is 5.77. The van der Waals surface area contributed by atoms with E-state index in [4.69, 9.17) is 4.74 Å². The zero-order chi connectivity index (χ0) is 9.97. The van der Waals surface area contributed by atoms with Gasteiger partial charge in [0.15, 0.2) is 0 Å². The van der Waals surface area contributed by atoms with Crippen LogP contribution < -0.4 is 5.32 Å². The molecule has 1 aliphatic heterocycles. The van der Waals surface area contributed by atoms with Crippen molar-refractivity contribution in [1.82, 2.24) is 10.2 Å². The average molecular weight is 198 g/mol. The van der Waals surface area contributed by atoms with Crippen molar-refractivity contribution < 1.29 is 4.74 Å². The fourth-order valence-corrected chi connectivity index (χ4v) is 2.60. The molecular weight excluding hydrogens is 176 g/mol. The maximum Gasteiger partial charge on any atom is 0.0601 e. The lowest BCUT2D eigenvalue weighted by Gasteiger charge is -2.45. The lowest BCUT2D eigenvalue weighted by Crippen LogP contribution is -2.54. The SMILES string of the molecule is CNC1CCCN(C2CC(OC)C2)C1. The van der Waals surface area contributed by atoms with Crippen LogP contribution in [0.25, 0.3) is 0 Å². The first kappa shape index (κ1) is 10.4. The summed E-state index contributed by atoms with van der Waals surface area (Å²) in [5, 5.41) is 3.39. The summed E-state index contributed by atoms with van der Waals surface area (Å²) in [5.41, 5.74) is 0. The van der Waals surface area contributed by atoms with Crippen LogP contribution in [0.5, 0.6) is 0 Å². The Hall–Kier alpha value is -0.120. The Morgan fingerprint density at radius 1 is 1.36 bits per heavy atom. The van der Waals surface area contributed by atoms with Crippen molar-refractivity contribution in [3.8, 4) is 0 Å². The van der Waals surface area contributed by atoms with Crippen LogP contribution in [-0.2, 0) is 4.74 Å². The Morgan fingerprint density at radius 2 is 2.14 bits per heavy atom. The summed E-state index contributed by atoms with van der Waals surface area (Å²) in [6.07, 6.45) is 5.71. The van der Waals surface area contributed by atoms with E-state index < -0.39 is 0 Å². The van der Waals surface area contributed by atoms with Gasteiger partial charge in [-0.1, -0.05) is 0 Å². The molecule has 0 aromatic carbocycles. The molecule has 2 aliphatic rings. The molecule has 0 bridgehead atoms. The smallest absolute Gasteiger partial charge is 0.0601 e. The Morgan fingerprint density at radius 3 is 2.79 bits per heavy atom. The highest BCUT2D eigenvalue weighted by Gasteiger charge is 2.35. The third kappa shape index (κ3) is 2.10. The molecule has 1 saturated carbocycles. The summed E-state index contributed by atoms with van der Waals surface area (Å²) in [5.74, 6) is 0. The van der Waals surface area contributed by atoms with Gasteiger partial charge in [0, 0.05) is 25.7 Å². The number of piperidine rings is 1. The van der Waals surface area contributed by atoms with Crippen LogP contribution in [0.2, 0.25) is 0 Å². The van der Waals surface area contributed by atoms with E-state index in [-0.39, 0.29) is 0 Å². The van der Waals surface area contributed by atoms with Gasteiger partial charge in [0.1, 0.15) is 0 Å². The normalized spacial score (nSPS) is 39.4. The molecule has 82 valence electrons. The second kappa shape index (κ2) is 4.60. The van der Waals surface area contributed by atoms with E-state index in [0.717, 1.165) is 6.04 Å². The highest BCUT2D eigenvalue weighted by molar-refractivity contribution is 4.91. The predicted molar refractivity (Wildman–Crippen MR) is 57.5 cm³/mol. The van der Waals surface area contributed by atoms with E-state index in [9.17, 15) is 0 Å². The lowest BCUT2D eigenvalue weighted by molar-refractivity contribution is -0.0354. The minimum absolute atomic E-state index is 0.537. The Labute approximate surface area is 86.8 Å². The van der Waals surface area contributed by atoms with Gasteiger partial charge in [-0.25, -0.2) is 0 Å². The van der Waals surface area contributed by atoms with Crippen molar-refractivity contribution in [2.24, 2.45) is 0 Å². The molecule has 1 N–H and O–H groups in total. The maximum atomic E-state index is 5.32. The number of likely N-dealkylation sites (N-methyl/N-ethyl adjacent to an activating group) is 1. The summed E-state index contributed by atoms with van der Waals surface area (Å²) in [6, 6.07) is 1.52. The molecule has 2 rings (SSSR count). The summed E-state index contributed by atoms with van der Waals surface area (Å²) in [7, 11) is 3.90. The quantitative estimate of drug-likeness (QED) is 0.727. The molecule has 1 saturated heterocycles. The Bertz CT molecular complexity index is 180. The van der Waals surface area contributed by atoms with Gasteiger partial charge in [-0.15, -0.1) is 0 Å². The second-order valence-corrected chi connectivity index (χ2v) is 4.61. The molecule has 0 radical (unpaired) electrons. The molecule has 1 atom stereocenters. The summed E-state index contributed by atoms with van der Waals surface area (Å²) >= 11 is 0. The van der Waals surface area contributed by atoms with Crippen LogP contribution in [0.3, 0.4) is 0 Å². The topological polar surface area (TPSA) is 24.5 Å². The number of nitrogens with one attached hydrogen (secondary N) is 1. The van der Waals surface area contributed by atoms with Crippen molar-refractivity contribution in [3.05, 3.63) is 0 Å². The van der Waals surface area contributed by atoms with Gasteiger partial charge in [0.25, 0.3) is 0 Å². The first-order chi connectivity index (χ1) is 6.83. The van der Waals surface area contributed by atoms with E-state index in [1.807, 2.05) is 7.11 Å². The van der Waals surface area contributed by atoms with Crippen molar-refractivity contribution in [3.63, 3.8) is 0 Å². The van der Waals surface area contributed by atoms with Gasteiger partial charge in [-0.05, 0) is 39.3 Å². The molecule has 1 heterocycles. The molecular formula is C11H22N2O. The van der Waals surface area contributed by atoms with Crippen molar-refractivity contribution in [2.75, 3.05) is 27.2 Å². The van der Waals surface area contributed by atoms with E-state index in [2.05, 4.69) is 17.3 Å².